The molecule has 0 aromatic heterocycles. The zero-order chi connectivity index (χ0) is 23.3. The summed E-state index contributed by atoms with van der Waals surface area (Å²) in [6.45, 7) is 6.61. The van der Waals surface area contributed by atoms with E-state index in [0.717, 1.165) is 23.2 Å². The lowest BCUT2D eigenvalue weighted by molar-refractivity contribution is -0.126. The molecule has 2 aliphatic heterocycles. The van der Waals surface area contributed by atoms with Crippen molar-refractivity contribution in [2.75, 3.05) is 26.2 Å². The number of sulfonamides is 1. The Morgan fingerprint density at radius 3 is 2.24 bits per heavy atom. The summed E-state index contributed by atoms with van der Waals surface area (Å²) in [5.74, 6) is -0.0963. The monoisotopic (exact) mass is 469 g/mol. The Labute approximate surface area is 198 Å². The van der Waals surface area contributed by atoms with Crippen LogP contribution in [-0.2, 0) is 33.7 Å². The fraction of sp³-hybridized carbons (Fsp3) is 0.500. The minimum Gasteiger partial charge on any atom is -0.352 e. The van der Waals surface area contributed by atoms with Crippen LogP contribution in [0.4, 0.5) is 0 Å². The van der Waals surface area contributed by atoms with Crippen molar-refractivity contribution in [2.45, 2.75) is 51.4 Å². The summed E-state index contributed by atoms with van der Waals surface area (Å²) in [6.07, 6.45) is 3.71. The summed E-state index contributed by atoms with van der Waals surface area (Å²) in [4.78, 5) is 15.2. The minimum atomic E-state index is -3.38. The third-order valence-corrected chi connectivity index (χ3v) is 8.74. The third-order valence-electron chi connectivity index (χ3n) is 6.91. The lowest BCUT2D eigenvalue weighted by Gasteiger charge is -2.30. The van der Waals surface area contributed by atoms with E-state index in [1.807, 2.05) is 31.2 Å². The first-order chi connectivity index (χ1) is 15.9. The second-order valence-corrected chi connectivity index (χ2v) is 11.3. The van der Waals surface area contributed by atoms with Crippen LogP contribution in [0.2, 0.25) is 0 Å². The number of carbonyl (C=O) groups excluding carboxylic acids is 1. The Balaban J connectivity index is 1.22. The molecule has 1 amide bonds. The van der Waals surface area contributed by atoms with Gasteiger partial charge >= 0.3 is 0 Å². The van der Waals surface area contributed by atoms with Crippen LogP contribution in [0.5, 0.6) is 0 Å². The van der Waals surface area contributed by atoms with Crippen LogP contribution < -0.4 is 5.32 Å². The molecule has 178 valence electrons. The first-order valence-electron chi connectivity index (χ1n) is 12.0. The van der Waals surface area contributed by atoms with E-state index in [1.54, 1.807) is 4.31 Å². The molecule has 1 N–H and O–H groups in total. The molecule has 7 heteroatoms. The SMILES string of the molecule is Cc1ccccc1CS(=O)(=O)N1CCC(C(=O)NCc2ccc(CN3CCCC3)cc2)CC1. The first kappa shape index (κ1) is 23.9. The molecule has 2 fully saturated rings. The van der Waals surface area contributed by atoms with Gasteiger partial charge in [-0.2, -0.15) is 0 Å². The number of piperidine rings is 1. The molecular weight excluding hydrogens is 434 g/mol. The van der Waals surface area contributed by atoms with Crippen LogP contribution >= 0.6 is 0 Å². The Bertz CT molecular complexity index is 1040. The molecule has 2 saturated heterocycles. The zero-order valence-electron chi connectivity index (χ0n) is 19.5. The molecule has 0 saturated carbocycles. The van der Waals surface area contributed by atoms with Gasteiger partial charge in [-0.1, -0.05) is 48.5 Å². The molecule has 6 nitrogen and oxygen atoms in total. The van der Waals surface area contributed by atoms with Crippen molar-refractivity contribution in [1.29, 1.82) is 0 Å². The molecule has 0 aliphatic carbocycles. The summed E-state index contributed by atoms with van der Waals surface area (Å²) >= 11 is 0. The van der Waals surface area contributed by atoms with Gasteiger partial charge in [0.05, 0.1) is 5.75 Å². The number of hydrogen-bond acceptors (Lipinski definition) is 4. The highest BCUT2D eigenvalue weighted by Gasteiger charge is 2.31. The highest BCUT2D eigenvalue weighted by molar-refractivity contribution is 7.88. The molecule has 33 heavy (non-hydrogen) atoms. The highest BCUT2D eigenvalue weighted by Crippen LogP contribution is 2.23. The molecular formula is C26H35N3O3S. The van der Waals surface area contributed by atoms with Crippen LogP contribution in [0.3, 0.4) is 0 Å². The molecule has 2 aromatic rings. The molecule has 0 radical (unpaired) electrons. The topological polar surface area (TPSA) is 69.7 Å². The van der Waals surface area contributed by atoms with Crippen molar-refractivity contribution in [2.24, 2.45) is 5.92 Å². The van der Waals surface area contributed by atoms with Gasteiger partial charge in [0, 0.05) is 32.1 Å². The van der Waals surface area contributed by atoms with E-state index in [1.165, 1.54) is 31.5 Å². The smallest absolute Gasteiger partial charge is 0.223 e. The molecule has 4 rings (SSSR count). The van der Waals surface area contributed by atoms with E-state index in [-0.39, 0.29) is 17.6 Å². The van der Waals surface area contributed by atoms with E-state index < -0.39 is 10.0 Å². The molecule has 0 spiro atoms. The Hall–Kier alpha value is -2.22. The summed E-state index contributed by atoms with van der Waals surface area (Å²) in [5, 5.41) is 3.04. The summed E-state index contributed by atoms with van der Waals surface area (Å²) in [5.41, 5.74) is 4.22. The predicted octanol–water partition coefficient (Wildman–Crippen LogP) is 3.45. The van der Waals surface area contributed by atoms with Gasteiger partial charge in [0.2, 0.25) is 15.9 Å². The second kappa shape index (κ2) is 10.8. The van der Waals surface area contributed by atoms with Crippen molar-refractivity contribution in [1.82, 2.24) is 14.5 Å². The standard InChI is InChI=1S/C26H35N3O3S/c1-21-6-2-3-7-25(21)20-33(31,32)29-16-12-24(13-17-29)26(30)27-18-22-8-10-23(11-9-22)19-28-14-4-5-15-28/h2-3,6-11,24H,4-5,12-20H2,1H3,(H,27,30). The van der Waals surface area contributed by atoms with Crippen molar-refractivity contribution < 1.29 is 13.2 Å². The fourth-order valence-electron chi connectivity index (χ4n) is 4.75. The van der Waals surface area contributed by atoms with Crippen LogP contribution in [0.15, 0.2) is 48.5 Å². The quantitative estimate of drug-likeness (QED) is 0.643. The lowest BCUT2D eigenvalue weighted by atomic mass is 9.97. The van der Waals surface area contributed by atoms with Crippen molar-refractivity contribution in [3.63, 3.8) is 0 Å². The van der Waals surface area contributed by atoms with Crippen LogP contribution in [0.1, 0.15) is 47.9 Å². The van der Waals surface area contributed by atoms with Gasteiger partial charge in [-0.15, -0.1) is 0 Å². The maximum atomic E-state index is 12.9. The number of hydrogen-bond donors (Lipinski definition) is 1. The van der Waals surface area contributed by atoms with Crippen molar-refractivity contribution in [3.8, 4) is 0 Å². The van der Waals surface area contributed by atoms with E-state index in [0.29, 0.717) is 32.5 Å². The maximum Gasteiger partial charge on any atom is 0.223 e. The summed E-state index contributed by atoms with van der Waals surface area (Å²) in [7, 11) is -3.38. The van der Waals surface area contributed by atoms with E-state index in [9.17, 15) is 13.2 Å². The Kier molecular flexibility index (Phi) is 7.83. The number of nitrogens with one attached hydrogen (secondary N) is 1. The molecule has 2 aliphatic rings. The average molecular weight is 470 g/mol. The largest absolute Gasteiger partial charge is 0.352 e. The predicted molar refractivity (Wildman–Crippen MR) is 131 cm³/mol. The van der Waals surface area contributed by atoms with Gasteiger partial charge in [-0.3, -0.25) is 9.69 Å². The Morgan fingerprint density at radius 1 is 0.939 bits per heavy atom. The summed E-state index contributed by atoms with van der Waals surface area (Å²) in [6, 6.07) is 16.1. The maximum absolute atomic E-state index is 12.9. The number of benzene rings is 2. The number of amides is 1. The van der Waals surface area contributed by atoms with Gasteiger partial charge in [0.25, 0.3) is 0 Å². The fourth-order valence-corrected chi connectivity index (χ4v) is 6.42. The highest BCUT2D eigenvalue weighted by atomic mass is 32.2. The van der Waals surface area contributed by atoms with Gasteiger partial charge in [-0.25, -0.2) is 12.7 Å². The van der Waals surface area contributed by atoms with Crippen LogP contribution in [0.25, 0.3) is 0 Å². The van der Waals surface area contributed by atoms with Crippen molar-refractivity contribution >= 4 is 15.9 Å². The molecule has 0 atom stereocenters. The number of carbonyl (C=O) groups is 1. The van der Waals surface area contributed by atoms with Crippen molar-refractivity contribution in [3.05, 3.63) is 70.8 Å². The van der Waals surface area contributed by atoms with E-state index in [2.05, 4.69) is 34.5 Å². The van der Waals surface area contributed by atoms with Gasteiger partial charge in [0.1, 0.15) is 0 Å². The molecule has 0 unspecified atom stereocenters. The third kappa shape index (κ3) is 6.43. The second-order valence-electron chi connectivity index (χ2n) is 9.37. The zero-order valence-corrected chi connectivity index (χ0v) is 20.3. The Morgan fingerprint density at radius 2 is 1.58 bits per heavy atom. The van der Waals surface area contributed by atoms with E-state index >= 15 is 0 Å². The van der Waals surface area contributed by atoms with E-state index in [4.69, 9.17) is 0 Å². The van der Waals surface area contributed by atoms with Gasteiger partial charge in [-0.05, 0) is 68.0 Å². The number of rotatable bonds is 8. The number of likely N-dealkylation sites (tertiary alicyclic amines) is 1. The van der Waals surface area contributed by atoms with Crippen LogP contribution in [-0.4, -0.2) is 49.7 Å². The number of aryl methyl sites for hydroxylation is 1. The molecule has 0 bridgehead atoms. The average Bonchev–Trinajstić information content (AvgIpc) is 3.33. The molecule has 2 heterocycles. The van der Waals surface area contributed by atoms with Crippen LogP contribution in [0, 0.1) is 12.8 Å². The number of nitrogens with zero attached hydrogens (tertiary/aromatic N) is 2. The first-order valence-corrected chi connectivity index (χ1v) is 13.6. The summed E-state index contributed by atoms with van der Waals surface area (Å²) < 4.78 is 27.3. The minimum absolute atomic E-state index is 0.0181. The molecule has 2 aromatic carbocycles. The lowest BCUT2D eigenvalue weighted by Crippen LogP contribution is -2.43. The van der Waals surface area contributed by atoms with Gasteiger partial charge in [0.15, 0.2) is 0 Å². The normalized spacial score (nSPS) is 18.5. The van der Waals surface area contributed by atoms with Gasteiger partial charge < -0.3 is 5.32 Å².